The molecule has 1 unspecified atom stereocenters. The van der Waals surface area contributed by atoms with Crippen molar-refractivity contribution < 1.29 is 4.48 Å². The van der Waals surface area contributed by atoms with Crippen LogP contribution in [0.4, 0.5) is 0 Å². The molecule has 0 saturated heterocycles. The topological polar surface area (TPSA) is 0 Å². The molecule has 21 heavy (non-hydrogen) atoms. The van der Waals surface area contributed by atoms with Gasteiger partial charge in [0.1, 0.15) is 6.54 Å². The van der Waals surface area contributed by atoms with Crippen LogP contribution < -0.4 is 0 Å². The SMILES string of the molecule is CC(C)(C)[N+](C)(CCc1ccccc1)Cc1ccccc1. The number of hydrogen-bond acceptors (Lipinski definition) is 0. The average molecular weight is 282 g/mol. The lowest BCUT2D eigenvalue weighted by atomic mass is 9.98. The number of benzene rings is 2. The van der Waals surface area contributed by atoms with Crippen LogP contribution in [0.2, 0.25) is 0 Å². The van der Waals surface area contributed by atoms with Crippen molar-refractivity contribution in [2.45, 2.75) is 39.3 Å². The number of hydrogen-bond donors (Lipinski definition) is 0. The van der Waals surface area contributed by atoms with Crippen molar-refractivity contribution in [3.63, 3.8) is 0 Å². The first-order chi connectivity index (χ1) is 9.91. The summed E-state index contributed by atoms with van der Waals surface area (Å²) in [6, 6.07) is 21.7. The van der Waals surface area contributed by atoms with E-state index in [-0.39, 0.29) is 5.54 Å². The minimum absolute atomic E-state index is 0.227. The Bertz CT molecular complexity index is 539. The Morgan fingerprint density at radius 1 is 0.762 bits per heavy atom. The smallest absolute Gasteiger partial charge is 0.105 e. The van der Waals surface area contributed by atoms with E-state index in [1.807, 2.05) is 0 Å². The monoisotopic (exact) mass is 282 g/mol. The minimum atomic E-state index is 0.227. The number of quaternary nitrogens is 1. The Hall–Kier alpha value is -1.60. The van der Waals surface area contributed by atoms with E-state index in [0.717, 1.165) is 24.0 Å². The van der Waals surface area contributed by atoms with Crippen molar-refractivity contribution in [1.29, 1.82) is 0 Å². The molecule has 0 amide bonds. The Kier molecular flexibility index (Phi) is 4.84. The fourth-order valence-electron chi connectivity index (χ4n) is 2.66. The van der Waals surface area contributed by atoms with Gasteiger partial charge >= 0.3 is 0 Å². The third-order valence-corrected chi connectivity index (χ3v) is 4.73. The van der Waals surface area contributed by atoms with Gasteiger partial charge in [0.05, 0.1) is 19.1 Å². The second-order valence-electron chi connectivity index (χ2n) is 7.17. The van der Waals surface area contributed by atoms with Crippen molar-refractivity contribution in [1.82, 2.24) is 0 Å². The normalized spacial score (nSPS) is 14.7. The minimum Gasteiger partial charge on any atom is -0.318 e. The maximum Gasteiger partial charge on any atom is 0.105 e. The van der Waals surface area contributed by atoms with Gasteiger partial charge in [0.15, 0.2) is 0 Å². The van der Waals surface area contributed by atoms with Crippen molar-refractivity contribution in [2.24, 2.45) is 0 Å². The molecular weight excluding hydrogens is 254 g/mol. The average Bonchev–Trinajstić information content (AvgIpc) is 2.46. The van der Waals surface area contributed by atoms with E-state index in [9.17, 15) is 0 Å². The summed E-state index contributed by atoms with van der Waals surface area (Å²) in [5.74, 6) is 0. The standard InChI is InChI=1S/C20H28N/c1-20(2,3)21(4,17-19-13-9-6-10-14-19)16-15-18-11-7-5-8-12-18/h5-14H,15-17H2,1-4H3/q+1. The van der Waals surface area contributed by atoms with Crippen LogP contribution in [0.3, 0.4) is 0 Å². The lowest BCUT2D eigenvalue weighted by molar-refractivity contribution is -0.965. The highest BCUT2D eigenvalue weighted by atomic mass is 15.4. The van der Waals surface area contributed by atoms with Crippen molar-refractivity contribution in [3.8, 4) is 0 Å². The van der Waals surface area contributed by atoms with Crippen LogP contribution in [0.5, 0.6) is 0 Å². The third-order valence-electron chi connectivity index (χ3n) is 4.73. The van der Waals surface area contributed by atoms with Crippen molar-refractivity contribution in [2.75, 3.05) is 13.6 Å². The highest BCUT2D eigenvalue weighted by molar-refractivity contribution is 5.15. The molecule has 2 rings (SSSR count). The van der Waals surface area contributed by atoms with E-state index in [4.69, 9.17) is 0 Å². The molecule has 0 N–H and O–H groups in total. The van der Waals surface area contributed by atoms with Gasteiger partial charge in [-0.15, -0.1) is 0 Å². The Balaban J connectivity index is 2.14. The predicted molar refractivity (Wildman–Crippen MR) is 91.1 cm³/mol. The van der Waals surface area contributed by atoms with Crippen LogP contribution in [-0.2, 0) is 13.0 Å². The van der Waals surface area contributed by atoms with E-state index in [2.05, 4.69) is 88.5 Å². The summed E-state index contributed by atoms with van der Waals surface area (Å²) >= 11 is 0. The van der Waals surface area contributed by atoms with Gasteiger partial charge in [0.25, 0.3) is 0 Å². The summed E-state index contributed by atoms with van der Waals surface area (Å²) in [7, 11) is 2.38. The zero-order valence-corrected chi connectivity index (χ0v) is 13.8. The summed E-state index contributed by atoms with van der Waals surface area (Å²) in [5, 5.41) is 0. The molecule has 2 aromatic rings. The van der Waals surface area contributed by atoms with E-state index >= 15 is 0 Å². The zero-order chi connectivity index (χ0) is 15.3. The molecule has 0 aliphatic heterocycles. The molecule has 0 aliphatic rings. The predicted octanol–water partition coefficient (Wildman–Crippen LogP) is 4.67. The summed E-state index contributed by atoms with van der Waals surface area (Å²) in [5.41, 5.74) is 3.08. The lowest BCUT2D eigenvalue weighted by Gasteiger charge is -2.46. The van der Waals surface area contributed by atoms with Gasteiger partial charge in [-0.2, -0.15) is 0 Å². The molecule has 1 atom stereocenters. The summed E-state index contributed by atoms with van der Waals surface area (Å²) in [6.45, 7) is 9.28. The van der Waals surface area contributed by atoms with E-state index in [0.29, 0.717) is 0 Å². The molecule has 0 aromatic heterocycles. The first-order valence-electron chi connectivity index (χ1n) is 7.83. The van der Waals surface area contributed by atoms with E-state index in [1.165, 1.54) is 11.1 Å². The molecule has 0 heterocycles. The van der Waals surface area contributed by atoms with Crippen LogP contribution in [0.15, 0.2) is 60.7 Å². The van der Waals surface area contributed by atoms with Crippen LogP contribution >= 0.6 is 0 Å². The highest BCUT2D eigenvalue weighted by Crippen LogP contribution is 2.26. The fraction of sp³-hybridized carbons (Fsp3) is 0.400. The summed E-state index contributed by atoms with van der Waals surface area (Å²) < 4.78 is 1.05. The van der Waals surface area contributed by atoms with E-state index in [1.54, 1.807) is 0 Å². The maximum atomic E-state index is 2.38. The number of rotatable bonds is 5. The molecule has 1 nitrogen and oxygen atoms in total. The molecule has 112 valence electrons. The van der Waals surface area contributed by atoms with Crippen LogP contribution in [0, 0.1) is 0 Å². The summed E-state index contributed by atoms with van der Waals surface area (Å²) in [6.07, 6.45) is 1.13. The largest absolute Gasteiger partial charge is 0.318 e. The molecule has 0 bridgehead atoms. The first-order valence-corrected chi connectivity index (χ1v) is 7.83. The molecule has 0 saturated carbocycles. The Morgan fingerprint density at radius 2 is 1.24 bits per heavy atom. The highest BCUT2D eigenvalue weighted by Gasteiger charge is 2.35. The summed E-state index contributed by atoms with van der Waals surface area (Å²) in [4.78, 5) is 0. The van der Waals surface area contributed by atoms with Crippen LogP contribution in [0.1, 0.15) is 31.9 Å². The van der Waals surface area contributed by atoms with Gasteiger partial charge in [-0.1, -0.05) is 60.7 Å². The Morgan fingerprint density at radius 3 is 1.71 bits per heavy atom. The molecule has 1 heteroatoms. The second kappa shape index (κ2) is 6.44. The van der Waals surface area contributed by atoms with Crippen molar-refractivity contribution >= 4 is 0 Å². The molecule has 0 aliphatic carbocycles. The quantitative estimate of drug-likeness (QED) is 0.699. The van der Waals surface area contributed by atoms with Gasteiger partial charge in [0.2, 0.25) is 0 Å². The van der Waals surface area contributed by atoms with Gasteiger partial charge in [-0.05, 0) is 26.3 Å². The zero-order valence-electron chi connectivity index (χ0n) is 13.8. The maximum absolute atomic E-state index is 2.38. The van der Waals surface area contributed by atoms with Gasteiger partial charge in [-0.3, -0.25) is 0 Å². The second-order valence-corrected chi connectivity index (χ2v) is 7.17. The number of nitrogens with zero attached hydrogens (tertiary/aromatic N) is 1. The fourth-order valence-corrected chi connectivity index (χ4v) is 2.66. The third kappa shape index (κ3) is 4.18. The van der Waals surface area contributed by atoms with Crippen LogP contribution in [0.25, 0.3) is 0 Å². The molecule has 0 spiro atoms. The van der Waals surface area contributed by atoms with Gasteiger partial charge < -0.3 is 4.48 Å². The molecule has 0 radical (unpaired) electrons. The molecule has 2 aromatic carbocycles. The molecular formula is C20H28N+. The van der Waals surface area contributed by atoms with E-state index < -0.39 is 0 Å². The first kappa shape index (κ1) is 15.8. The Labute approximate surface area is 129 Å². The van der Waals surface area contributed by atoms with Crippen LogP contribution in [-0.4, -0.2) is 23.6 Å². The molecule has 0 fully saturated rings. The van der Waals surface area contributed by atoms with Gasteiger partial charge in [-0.25, -0.2) is 0 Å². The number of likely N-dealkylation sites (N-methyl/N-ethyl adjacent to an activating group) is 1. The van der Waals surface area contributed by atoms with Gasteiger partial charge in [0, 0.05) is 12.0 Å². The lowest BCUT2D eigenvalue weighted by Crippen LogP contribution is -2.57. The van der Waals surface area contributed by atoms with Crippen molar-refractivity contribution in [3.05, 3.63) is 71.8 Å².